The van der Waals surface area contributed by atoms with E-state index in [2.05, 4.69) is 5.32 Å². The Morgan fingerprint density at radius 1 is 0.833 bits per heavy atom. The number of phenols is 1. The first-order valence-electron chi connectivity index (χ1n) is 13.8. The number of carbonyl (C=O) groups is 3. The van der Waals surface area contributed by atoms with E-state index in [0.717, 1.165) is 22.3 Å². The number of amides is 2. The van der Waals surface area contributed by atoms with E-state index in [4.69, 9.17) is 0 Å². The second kappa shape index (κ2) is 10.8. The minimum atomic E-state index is -1.75. The van der Waals surface area contributed by atoms with Crippen molar-refractivity contribution in [2.75, 3.05) is 4.90 Å². The second-order valence-corrected chi connectivity index (χ2v) is 11.0. The number of para-hydroxylation sites is 1. The number of nitrogens with one attached hydrogen (secondary N) is 1. The van der Waals surface area contributed by atoms with Crippen LogP contribution in [0.5, 0.6) is 5.75 Å². The van der Waals surface area contributed by atoms with Crippen molar-refractivity contribution in [2.45, 2.75) is 24.9 Å². The molecule has 0 aromatic heterocycles. The van der Waals surface area contributed by atoms with Gasteiger partial charge < -0.3 is 10.2 Å². The molecule has 2 saturated heterocycles. The third-order valence-electron chi connectivity index (χ3n) is 8.37. The van der Waals surface area contributed by atoms with Gasteiger partial charge in [-0.15, -0.1) is 0 Å². The second-order valence-electron chi connectivity index (χ2n) is 11.0. The number of rotatable bonds is 7. The maximum Gasteiger partial charge on any atom is 0.325 e. The first-order valence-corrected chi connectivity index (χ1v) is 13.8. The number of carboxylic acids is 1. The van der Waals surface area contributed by atoms with Gasteiger partial charge in [0.2, 0.25) is 11.8 Å². The number of nitrogens with zero attached hydrogens (tertiary/aromatic N) is 1. The number of imide groups is 1. The summed E-state index contributed by atoms with van der Waals surface area (Å²) in [5.74, 6) is -4.16. The van der Waals surface area contributed by atoms with Crippen LogP contribution in [-0.4, -0.2) is 33.5 Å². The van der Waals surface area contributed by atoms with E-state index in [0.29, 0.717) is 11.3 Å². The summed E-state index contributed by atoms with van der Waals surface area (Å²) >= 11 is 0. The van der Waals surface area contributed by atoms with Gasteiger partial charge in [-0.3, -0.25) is 19.7 Å². The maximum absolute atomic E-state index is 14.1. The molecule has 0 aliphatic carbocycles. The first kappa shape index (κ1) is 27.2. The van der Waals surface area contributed by atoms with Gasteiger partial charge in [0.05, 0.1) is 17.5 Å². The molecule has 4 unspecified atom stereocenters. The predicted molar refractivity (Wildman–Crippen MR) is 161 cm³/mol. The van der Waals surface area contributed by atoms with Crippen LogP contribution >= 0.6 is 0 Å². The summed E-state index contributed by atoms with van der Waals surface area (Å²) in [4.78, 5) is 42.5. The minimum Gasteiger partial charge on any atom is -0.508 e. The molecular formula is C35H30N2O5. The van der Waals surface area contributed by atoms with E-state index in [9.17, 15) is 24.6 Å². The summed E-state index contributed by atoms with van der Waals surface area (Å²) in [6.07, 6.45) is 3.95. The Morgan fingerprint density at radius 3 is 2.10 bits per heavy atom. The van der Waals surface area contributed by atoms with E-state index in [1.54, 1.807) is 24.3 Å². The molecule has 4 aromatic rings. The van der Waals surface area contributed by atoms with Crippen LogP contribution in [0.3, 0.4) is 0 Å². The molecule has 4 aromatic carbocycles. The minimum absolute atomic E-state index is 0.0428. The molecule has 7 heteroatoms. The van der Waals surface area contributed by atoms with Crippen LogP contribution in [0.15, 0.2) is 103 Å². The lowest BCUT2D eigenvalue weighted by Crippen LogP contribution is -2.57. The number of benzene rings is 4. The third kappa shape index (κ3) is 4.67. The van der Waals surface area contributed by atoms with Crippen molar-refractivity contribution in [1.29, 1.82) is 0 Å². The van der Waals surface area contributed by atoms with Crippen LogP contribution in [-0.2, 0) is 20.8 Å². The molecule has 0 bridgehead atoms. The SMILES string of the molecule is Cc1ccccc1N1C(=O)C2C(c3ccc(C=Cc4ccccc4)cc3)NC(Cc3ccc(O)cc3)(C(=O)O)C2C1=O. The lowest BCUT2D eigenvalue weighted by molar-refractivity contribution is -0.148. The van der Waals surface area contributed by atoms with Gasteiger partial charge in [-0.25, -0.2) is 4.90 Å². The van der Waals surface area contributed by atoms with Crippen molar-refractivity contribution in [1.82, 2.24) is 5.32 Å². The van der Waals surface area contributed by atoms with Crippen LogP contribution < -0.4 is 10.2 Å². The summed E-state index contributed by atoms with van der Waals surface area (Å²) < 4.78 is 0. The lowest BCUT2D eigenvalue weighted by atomic mass is 9.76. The number of phenolic OH excluding ortho intramolecular Hbond substituents is 1. The fourth-order valence-corrected chi connectivity index (χ4v) is 6.28. The third-order valence-corrected chi connectivity index (χ3v) is 8.37. The average Bonchev–Trinajstić information content (AvgIpc) is 3.48. The summed E-state index contributed by atoms with van der Waals surface area (Å²) in [6.45, 7) is 1.82. The summed E-state index contributed by atoms with van der Waals surface area (Å²) in [5.41, 5.74) is 2.82. The molecule has 6 rings (SSSR count). The Hall–Kier alpha value is -5.01. The van der Waals surface area contributed by atoms with Crippen LogP contribution in [0.1, 0.15) is 33.9 Å². The van der Waals surface area contributed by atoms with E-state index < -0.39 is 41.2 Å². The molecule has 2 heterocycles. The highest BCUT2D eigenvalue weighted by molar-refractivity contribution is 6.24. The molecule has 210 valence electrons. The van der Waals surface area contributed by atoms with E-state index >= 15 is 0 Å². The number of fused-ring (bicyclic) bond motifs is 1. The fraction of sp³-hybridized carbons (Fsp3) is 0.171. The zero-order valence-electron chi connectivity index (χ0n) is 23.0. The van der Waals surface area contributed by atoms with Gasteiger partial charge >= 0.3 is 5.97 Å². The Labute approximate surface area is 243 Å². The monoisotopic (exact) mass is 558 g/mol. The van der Waals surface area contributed by atoms with Crippen molar-refractivity contribution >= 4 is 35.6 Å². The zero-order chi connectivity index (χ0) is 29.4. The van der Waals surface area contributed by atoms with Gasteiger partial charge in [-0.2, -0.15) is 0 Å². The summed E-state index contributed by atoms with van der Waals surface area (Å²) in [6, 6.07) is 30.2. The van der Waals surface area contributed by atoms with Crippen LogP contribution in [0.4, 0.5) is 5.69 Å². The Balaban J connectivity index is 1.41. The van der Waals surface area contributed by atoms with Gasteiger partial charge in [-0.1, -0.05) is 97.1 Å². The van der Waals surface area contributed by atoms with Crippen LogP contribution in [0.25, 0.3) is 12.2 Å². The molecule has 42 heavy (non-hydrogen) atoms. The normalized spacial score (nSPS) is 23.5. The smallest absolute Gasteiger partial charge is 0.325 e. The van der Waals surface area contributed by atoms with Crippen LogP contribution in [0.2, 0.25) is 0 Å². The van der Waals surface area contributed by atoms with Crippen molar-refractivity contribution in [3.8, 4) is 5.75 Å². The Bertz CT molecular complexity index is 1680. The molecular weight excluding hydrogens is 528 g/mol. The summed E-state index contributed by atoms with van der Waals surface area (Å²) in [7, 11) is 0. The average molecular weight is 559 g/mol. The summed E-state index contributed by atoms with van der Waals surface area (Å²) in [5, 5.41) is 23.8. The molecule has 2 amide bonds. The van der Waals surface area contributed by atoms with Crippen molar-refractivity contribution in [3.63, 3.8) is 0 Å². The number of hydrogen-bond acceptors (Lipinski definition) is 5. The molecule has 2 fully saturated rings. The number of aryl methyl sites for hydroxylation is 1. The Kier molecular flexibility index (Phi) is 6.96. The van der Waals surface area contributed by atoms with E-state index in [-0.39, 0.29) is 12.2 Å². The molecule has 0 spiro atoms. The number of anilines is 1. The molecule has 7 nitrogen and oxygen atoms in total. The van der Waals surface area contributed by atoms with E-state index in [1.165, 1.54) is 17.0 Å². The molecule has 4 atom stereocenters. The van der Waals surface area contributed by atoms with Crippen LogP contribution in [0, 0.1) is 18.8 Å². The number of hydrogen-bond donors (Lipinski definition) is 3. The molecule has 0 radical (unpaired) electrons. The van der Waals surface area contributed by atoms with E-state index in [1.807, 2.05) is 85.8 Å². The fourth-order valence-electron chi connectivity index (χ4n) is 6.28. The van der Waals surface area contributed by atoms with Gasteiger partial charge in [0.15, 0.2) is 0 Å². The molecule has 3 N–H and O–H groups in total. The number of aliphatic carboxylic acids is 1. The largest absolute Gasteiger partial charge is 0.508 e. The topological polar surface area (TPSA) is 107 Å². The van der Waals surface area contributed by atoms with Gasteiger partial charge in [0, 0.05) is 12.5 Å². The standard InChI is InChI=1S/C35H30N2O5/c1-22-7-5-6-10-28(22)37-32(39)29-30(33(37)40)35(34(41)42,21-25-15-19-27(38)20-16-25)36-31(29)26-17-13-24(14-18-26)12-11-23-8-3-2-4-9-23/h2-20,29-31,36,38H,21H2,1H3,(H,41,42). The zero-order valence-corrected chi connectivity index (χ0v) is 23.0. The highest BCUT2D eigenvalue weighted by atomic mass is 16.4. The lowest BCUT2D eigenvalue weighted by Gasteiger charge is -2.31. The molecule has 2 aliphatic heterocycles. The highest BCUT2D eigenvalue weighted by Gasteiger charge is 2.68. The van der Waals surface area contributed by atoms with Gasteiger partial charge in [-0.05, 0) is 52.9 Å². The van der Waals surface area contributed by atoms with Crippen molar-refractivity contribution < 1.29 is 24.6 Å². The van der Waals surface area contributed by atoms with Crippen molar-refractivity contribution in [2.24, 2.45) is 11.8 Å². The quantitative estimate of drug-likeness (QED) is 0.208. The molecule has 0 saturated carbocycles. The Morgan fingerprint density at radius 2 is 1.45 bits per heavy atom. The maximum atomic E-state index is 14.1. The number of carboxylic acid groups (broad SMARTS) is 1. The predicted octanol–water partition coefficient (Wildman–Crippen LogP) is 5.39. The highest BCUT2D eigenvalue weighted by Crippen LogP contribution is 2.51. The number of carbonyl (C=O) groups excluding carboxylic acids is 2. The van der Waals surface area contributed by atoms with Gasteiger partial charge in [0.25, 0.3) is 0 Å². The first-order chi connectivity index (χ1) is 20.3. The van der Waals surface area contributed by atoms with Crippen molar-refractivity contribution in [3.05, 3.63) is 131 Å². The number of aromatic hydroxyl groups is 1. The van der Waals surface area contributed by atoms with Gasteiger partial charge in [0.1, 0.15) is 11.3 Å². The molecule has 2 aliphatic rings.